The van der Waals surface area contributed by atoms with Gasteiger partial charge in [0, 0.05) is 23.3 Å². The molecule has 0 saturated carbocycles. The molecule has 2 atom stereocenters. The van der Waals surface area contributed by atoms with Crippen molar-refractivity contribution in [1.82, 2.24) is 0 Å². The fourth-order valence-electron chi connectivity index (χ4n) is 2.11. The normalized spacial score (nSPS) is 23.8. The molecule has 0 amide bonds. The summed E-state index contributed by atoms with van der Waals surface area (Å²) in [6, 6.07) is 3.98. The summed E-state index contributed by atoms with van der Waals surface area (Å²) >= 11 is 1.52. The Labute approximate surface area is 114 Å². The summed E-state index contributed by atoms with van der Waals surface area (Å²) < 4.78 is 44.2. The molecule has 0 radical (unpaired) electrons. The number of nitrogens with two attached hydrogens (primary N) is 1. The first kappa shape index (κ1) is 14.5. The van der Waals surface area contributed by atoms with Crippen molar-refractivity contribution < 1.29 is 17.9 Å². The number of benzene rings is 1. The summed E-state index contributed by atoms with van der Waals surface area (Å²) in [6.45, 7) is 2.64. The topological polar surface area (TPSA) is 35.2 Å². The monoisotopic (exact) mass is 291 g/mol. The number of hydrogen-bond donors (Lipinski definition) is 1. The van der Waals surface area contributed by atoms with Gasteiger partial charge in [0.2, 0.25) is 0 Å². The van der Waals surface area contributed by atoms with Crippen molar-refractivity contribution in [3.8, 4) is 0 Å². The van der Waals surface area contributed by atoms with Crippen LogP contribution < -0.4 is 5.73 Å². The first-order valence-corrected chi connectivity index (χ1v) is 7.11. The third kappa shape index (κ3) is 3.57. The smallest absolute Gasteiger partial charge is 0.399 e. The van der Waals surface area contributed by atoms with Crippen LogP contribution in [0, 0.1) is 0 Å². The van der Waals surface area contributed by atoms with Gasteiger partial charge in [0.25, 0.3) is 0 Å². The van der Waals surface area contributed by atoms with Crippen LogP contribution >= 0.6 is 11.8 Å². The highest BCUT2D eigenvalue weighted by molar-refractivity contribution is 7.99. The highest BCUT2D eigenvalue weighted by Gasteiger charge is 2.34. The van der Waals surface area contributed by atoms with Gasteiger partial charge in [-0.05, 0) is 31.0 Å². The van der Waals surface area contributed by atoms with Crippen molar-refractivity contribution in [2.45, 2.75) is 36.6 Å². The van der Waals surface area contributed by atoms with E-state index < -0.39 is 11.7 Å². The molecule has 1 heterocycles. The molecule has 2 rings (SSSR count). The molecule has 0 aromatic heterocycles. The minimum atomic E-state index is -4.36. The summed E-state index contributed by atoms with van der Waals surface area (Å²) in [4.78, 5) is 0. The van der Waals surface area contributed by atoms with Crippen LogP contribution in [0.3, 0.4) is 0 Å². The number of halogens is 3. The number of rotatable bonds is 3. The fraction of sp³-hybridized carbons (Fsp3) is 0.538. The maximum absolute atomic E-state index is 12.9. The number of nitrogen functional groups attached to an aromatic ring is 1. The molecular weight excluding hydrogens is 275 g/mol. The molecular formula is C13H16F3NOS. The molecule has 6 heteroatoms. The SMILES string of the molecule is CC1OCCC1SCc1ccc(N)cc1C(F)(F)F. The molecule has 19 heavy (non-hydrogen) atoms. The molecule has 1 saturated heterocycles. The molecule has 2 unspecified atom stereocenters. The van der Waals surface area contributed by atoms with E-state index >= 15 is 0 Å². The second-order valence-electron chi connectivity index (χ2n) is 4.63. The first-order chi connectivity index (χ1) is 8.88. The van der Waals surface area contributed by atoms with Gasteiger partial charge in [-0.15, -0.1) is 0 Å². The van der Waals surface area contributed by atoms with Crippen LogP contribution in [-0.2, 0) is 16.7 Å². The van der Waals surface area contributed by atoms with Gasteiger partial charge in [-0.25, -0.2) is 0 Å². The van der Waals surface area contributed by atoms with Gasteiger partial charge in [0.15, 0.2) is 0 Å². The zero-order valence-electron chi connectivity index (χ0n) is 10.5. The summed E-state index contributed by atoms with van der Waals surface area (Å²) in [5, 5.41) is 0.263. The molecule has 1 aliphatic rings. The van der Waals surface area contributed by atoms with Crippen LogP contribution in [0.2, 0.25) is 0 Å². The van der Waals surface area contributed by atoms with Gasteiger partial charge in [-0.2, -0.15) is 24.9 Å². The maximum atomic E-state index is 12.9. The highest BCUT2D eigenvalue weighted by Crippen LogP contribution is 2.36. The fourth-order valence-corrected chi connectivity index (χ4v) is 3.37. The van der Waals surface area contributed by atoms with Crippen molar-refractivity contribution in [3.05, 3.63) is 29.3 Å². The molecule has 0 aliphatic carbocycles. The summed E-state index contributed by atoms with van der Waals surface area (Å²) in [6.07, 6.45) is -3.36. The predicted molar refractivity (Wildman–Crippen MR) is 71.0 cm³/mol. The number of alkyl halides is 3. The first-order valence-electron chi connectivity index (χ1n) is 6.06. The van der Waals surface area contributed by atoms with Crippen LogP contribution in [0.1, 0.15) is 24.5 Å². The Balaban J connectivity index is 2.11. The Morgan fingerprint density at radius 3 is 2.74 bits per heavy atom. The van der Waals surface area contributed by atoms with Crippen LogP contribution in [0.15, 0.2) is 18.2 Å². The standard InChI is InChI=1S/C13H16F3NOS/c1-8-12(4-5-18-8)19-7-9-2-3-10(17)6-11(9)13(14,15)16/h2-3,6,8,12H,4-5,7,17H2,1H3. The van der Waals surface area contributed by atoms with Crippen LogP contribution in [0.4, 0.5) is 18.9 Å². The Kier molecular flexibility index (Phi) is 4.30. The van der Waals surface area contributed by atoms with E-state index in [0.29, 0.717) is 12.4 Å². The predicted octanol–water partition coefficient (Wildman–Crippen LogP) is 3.70. The van der Waals surface area contributed by atoms with Gasteiger partial charge in [-0.3, -0.25) is 0 Å². The Morgan fingerprint density at radius 1 is 1.42 bits per heavy atom. The third-order valence-electron chi connectivity index (χ3n) is 3.20. The number of anilines is 1. The van der Waals surface area contributed by atoms with Gasteiger partial charge in [0.05, 0.1) is 11.7 Å². The zero-order valence-corrected chi connectivity index (χ0v) is 11.4. The lowest BCUT2D eigenvalue weighted by Crippen LogP contribution is -2.15. The van der Waals surface area contributed by atoms with Crippen molar-refractivity contribution in [2.24, 2.45) is 0 Å². The van der Waals surface area contributed by atoms with Crippen LogP contribution in [-0.4, -0.2) is 18.0 Å². The molecule has 106 valence electrons. The van der Waals surface area contributed by atoms with Gasteiger partial charge < -0.3 is 10.5 Å². The zero-order chi connectivity index (χ0) is 14.0. The van der Waals surface area contributed by atoms with Crippen molar-refractivity contribution in [1.29, 1.82) is 0 Å². The molecule has 2 N–H and O–H groups in total. The lowest BCUT2D eigenvalue weighted by Gasteiger charge is -2.17. The number of ether oxygens (including phenoxy) is 1. The Hall–Kier alpha value is -0.880. The van der Waals surface area contributed by atoms with E-state index in [0.717, 1.165) is 12.5 Å². The quantitative estimate of drug-likeness (QED) is 0.862. The van der Waals surface area contributed by atoms with E-state index in [4.69, 9.17) is 10.5 Å². The third-order valence-corrected chi connectivity index (χ3v) is 4.72. The average molecular weight is 291 g/mol. The number of thioether (sulfide) groups is 1. The maximum Gasteiger partial charge on any atom is 0.416 e. The van der Waals surface area contributed by atoms with Crippen molar-refractivity contribution in [3.63, 3.8) is 0 Å². The minimum Gasteiger partial charge on any atom is -0.399 e. The van der Waals surface area contributed by atoms with Gasteiger partial charge in [-0.1, -0.05) is 6.07 Å². The highest BCUT2D eigenvalue weighted by atomic mass is 32.2. The lowest BCUT2D eigenvalue weighted by atomic mass is 10.1. The average Bonchev–Trinajstić information content (AvgIpc) is 2.72. The van der Waals surface area contributed by atoms with E-state index in [2.05, 4.69) is 0 Å². The molecule has 1 fully saturated rings. The lowest BCUT2D eigenvalue weighted by molar-refractivity contribution is -0.138. The molecule has 1 aromatic rings. The van der Waals surface area contributed by atoms with E-state index in [9.17, 15) is 13.2 Å². The second kappa shape index (κ2) is 5.63. The minimum absolute atomic E-state index is 0.105. The van der Waals surface area contributed by atoms with E-state index in [1.807, 2.05) is 6.92 Å². The number of hydrogen-bond acceptors (Lipinski definition) is 3. The van der Waals surface area contributed by atoms with Crippen molar-refractivity contribution in [2.75, 3.05) is 12.3 Å². The molecule has 0 spiro atoms. The molecule has 0 bridgehead atoms. The van der Waals surface area contributed by atoms with E-state index in [1.54, 1.807) is 0 Å². The Morgan fingerprint density at radius 2 is 2.16 bits per heavy atom. The van der Waals surface area contributed by atoms with E-state index in [1.165, 1.54) is 23.9 Å². The second-order valence-corrected chi connectivity index (χ2v) is 5.86. The molecule has 1 aliphatic heterocycles. The van der Waals surface area contributed by atoms with Crippen LogP contribution in [0.25, 0.3) is 0 Å². The van der Waals surface area contributed by atoms with Gasteiger partial charge >= 0.3 is 6.18 Å². The largest absolute Gasteiger partial charge is 0.416 e. The molecule has 1 aromatic carbocycles. The van der Waals surface area contributed by atoms with Crippen molar-refractivity contribution >= 4 is 17.4 Å². The summed E-state index contributed by atoms with van der Waals surface area (Å²) in [5.74, 6) is 0.327. The summed E-state index contributed by atoms with van der Waals surface area (Å²) in [5.41, 5.74) is 5.23. The Bertz CT molecular complexity index is 450. The van der Waals surface area contributed by atoms with Crippen LogP contribution in [0.5, 0.6) is 0 Å². The van der Waals surface area contributed by atoms with Gasteiger partial charge in [0.1, 0.15) is 0 Å². The van der Waals surface area contributed by atoms with E-state index in [-0.39, 0.29) is 22.6 Å². The summed E-state index contributed by atoms with van der Waals surface area (Å²) in [7, 11) is 0. The molecule has 2 nitrogen and oxygen atoms in total.